The molecule has 108 valence electrons. The van der Waals surface area contributed by atoms with Crippen LogP contribution in [0.5, 0.6) is 11.5 Å². The highest BCUT2D eigenvalue weighted by Crippen LogP contribution is 2.32. The molecule has 0 spiro atoms. The van der Waals surface area contributed by atoms with Gasteiger partial charge in [-0.3, -0.25) is 5.10 Å². The van der Waals surface area contributed by atoms with Gasteiger partial charge in [-0.15, -0.1) is 0 Å². The lowest BCUT2D eigenvalue weighted by atomic mass is 10.1. The smallest absolute Gasteiger partial charge is 0.161 e. The highest BCUT2D eigenvalue weighted by Gasteiger charge is 2.09. The number of methoxy groups -OCH3 is 1. The fraction of sp³-hybridized carbons (Fsp3) is 0.400. The van der Waals surface area contributed by atoms with Crippen molar-refractivity contribution in [1.82, 2.24) is 10.2 Å². The van der Waals surface area contributed by atoms with Crippen LogP contribution in [0.25, 0.3) is 11.3 Å². The first-order valence-corrected chi connectivity index (χ1v) is 6.84. The Morgan fingerprint density at radius 3 is 2.80 bits per heavy atom. The first kappa shape index (κ1) is 14.4. The van der Waals surface area contributed by atoms with E-state index in [0.29, 0.717) is 13.2 Å². The van der Waals surface area contributed by atoms with Crippen molar-refractivity contribution in [3.05, 3.63) is 30.0 Å². The van der Waals surface area contributed by atoms with Crippen LogP contribution in [-0.4, -0.2) is 30.5 Å². The van der Waals surface area contributed by atoms with Crippen LogP contribution in [0.3, 0.4) is 0 Å². The Labute approximate surface area is 119 Å². The molecule has 5 heteroatoms. The number of hydrogen-bond acceptors (Lipinski definition) is 4. The van der Waals surface area contributed by atoms with Crippen molar-refractivity contribution in [2.24, 2.45) is 5.73 Å². The van der Waals surface area contributed by atoms with Crippen molar-refractivity contribution in [2.75, 3.05) is 20.3 Å². The van der Waals surface area contributed by atoms with Crippen LogP contribution in [0.1, 0.15) is 19.0 Å². The lowest BCUT2D eigenvalue weighted by Gasteiger charge is -2.10. The Kier molecular flexibility index (Phi) is 5.01. The molecule has 0 atom stereocenters. The summed E-state index contributed by atoms with van der Waals surface area (Å²) in [5, 5.41) is 7.28. The molecule has 1 aromatic carbocycles. The Bertz CT molecular complexity index is 552. The van der Waals surface area contributed by atoms with Crippen molar-refractivity contribution in [3.63, 3.8) is 0 Å². The summed E-state index contributed by atoms with van der Waals surface area (Å²) < 4.78 is 11.0. The largest absolute Gasteiger partial charge is 0.493 e. The second-order valence-corrected chi connectivity index (χ2v) is 4.53. The maximum atomic E-state index is 5.64. The van der Waals surface area contributed by atoms with Gasteiger partial charge in [-0.05, 0) is 37.2 Å². The number of hydrogen-bond donors (Lipinski definition) is 2. The van der Waals surface area contributed by atoms with E-state index in [1.54, 1.807) is 7.11 Å². The number of aromatic amines is 1. The molecular formula is C15H21N3O2. The lowest BCUT2D eigenvalue weighted by Crippen LogP contribution is -2.02. The zero-order chi connectivity index (χ0) is 14.4. The number of H-pyrrole nitrogens is 1. The van der Waals surface area contributed by atoms with Gasteiger partial charge in [0.05, 0.1) is 19.4 Å². The highest BCUT2D eigenvalue weighted by atomic mass is 16.5. The minimum atomic E-state index is 0.606. The summed E-state index contributed by atoms with van der Waals surface area (Å²) in [6, 6.07) is 7.85. The van der Waals surface area contributed by atoms with E-state index in [0.717, 1.165) is 41.3 Å². The van der Waals surface area contributed by atoms with Crippen LogP contribution in [0, 0.1) is 0 Å². The van der Waals surface area contributed by atoms with Gasteiger partial charge in [0.1, 0.15) is 0 Å². The van der Waals surface area contributed by atoms with E-state index in [4.69, 9.17) is 15.2 Å². The first-order valence-electron chi connectivity index (χ1n) is 6.84. The van der Waals surface area contributed by atoms with Crippen LogP contribution in [0.2, 0.25) is 0 Å². The average molecular weight is 275 g/mol. The van der Waals surface area contributed by atoms with Gasteiger partial charge in [0.2, 0.25) is 0 Å². The van der Waals surface area contributed by atoms with Crippen LogP contribution >= 0.6 is 0 Å². The summed E-state index contributed by atoms with van der Waals surface area (Å²) in [7, 11) is 1.64. The Morgan fingerprint density at radius 1 is 1.25 bits per heavy atom. The zero-order valence-corrected chi connectivity index (χ0v) is 12.0. The summed E-state index contributed by atoms with van der Waals surface area (Å²) in [6.07, 6.45) is 1.76. The van der Waals surface area contributed by atoms with E-state index in [1.807, 2.05) is 24.3 Å². The molecule has 1 heterocycles. The molecule has 0 radical (unpaired) electrons. The number of benzene rings is 1. The van der Waals surface area contributed by atoms with E-state index in [2.05, 4.69) is 17.1 Å². The summed E-state index contributed by atoms with van der Waals surface area (Å²) in [6.45, 7) is 3.36. The molecule has 0 unspecified atom stereocenters. The molecule has 0 fully saturated rings. The quantitative estimate of drug-likeness (QED) is 0.813. The number of nitrogens with two attached hydrogens (primary N) is 1. The predicted molar refractivity (Wildman–Crippen MR) is 79.1 cm³/mol. The number of rotatable bonds is 7. The van der Waals surface area contributed by atoms with Gasteiger partial charge in [0, 0.05) is 17.7 Å². The number of nitrogens with zero attached hydrogens (tertiary/aromatic N) is 1. The maximum absolute atomic E-state index is 5.64. The van der Waals surface area contributed by atoms with Crippen LogP contribution in [-0.2, 0) is 6.42 Å². The molecule has 0 saturated heterocycles. The molecule has 5 nitrogen and oxygen atoms in total. The summed E-state index contributed by atoms with van der Waals surface area (Å²) in [4.78, 5) is 0. The average Bonchev–Trinajstić information content (AvgIpc) is 2.94. The van der Waals surface area contributed by atoms with E-state index >= 15 is 0 Å². The van der Waals surface area contributed by atoms with Gasteiger partial charge in [0.15, 0.2) is 11.5 Å². The summed E-state index contributed by atoms with van der Waals surface area (Å²) in [5.74, 6) is 1.48. The fourth-order valence-corrected chi connectivity index (χ4v) is 1.95. The SMILES string of the molecule is CCCOc1ccc(-c2cc(CCN)[nH]n2)cc1OC. The lowest BCUT2D eigenvalue weighted by molar-refractivity contribution is 0.294. The standard InChI is InChI=1S/C15H21N3O2/c1-3-8-20-14-5-4-11(9-15(14)19-2)13-10-12(6-7-16)17-18-13/h4-5,9-10H,3,6-8,16H2,1-2H3,(H,17,18). The molecule has 0 aliphatic carbocycles. The number of aromatic nitrogens is 2. The molecule has 0 saturated carbocycles. The molecule has 2 rings (SSSR count). The van der Waals surface area contributed by atoms with E-state index in [1.165, 1.54) is 0 Å². The number of nitrogens with one attached hydrogen (secondary N) is 1. The van der Waals surface area contributed by atoms with Crippen LogP contribution in [0.4, 0.5) is 0 Å². The van der Waals surface area contributed by atoms with Gasteiger partial charge in [-0.1, -0.05) is 6.92 Å². The second-order valence-electron chi connectivity index (χ2n) is 4.53. The Hall–Kier alpha value is -2.01. The number of ether oxygens (including phenoxy) is 2. The normalized spacial score (nSPS) is 10.6. The van der Waals surface area contributed by atoms with Crippen molar-refractivity contribution in [3.8, 4) is 22.8 Å². The molecule has 3 N–H and O–H groups in total. The molecule has 0 amide bonds. The van der Waals surface area contributed by atoms with Gasteiger partial charge in [0.25, 0.3) is 0 Å². The monoisotopic (exact) mass is 275 g/mol. The molecule has 0 bridgehead atoms. The van der Waals surface area contributed by atoms with Gasteiger partial charge < -0.3 is 15.2 Å². The zero-order valence-electron chi connectivity index (χ0n) is 12.0. The molecule has 0 aliphatic rings. The van der Waals surface area contributed by atoms with Gasteiger partial charge in [-0.2, -0.15) is 5.10 Å². The van der Waals surface area contributed by atoms with E-state index in [9.17, 15) is 0 Å². The first-order chi connectivity index (χ1) is 9.78. The third-order valence-electron chi connectivity index (χ3n) is 2.97. The van der Waals surface area contributed by atoms with Crippen molar-refractivity contribution < 1.29 is 9.47 Å². The molecule has 1 aromatic heterocycles. The predicted octanol–water partition coefficient (Wildman–Crippen LogP) is 2.38. The van der Waals surface area contributed by atoms with Gasteiger partial charge in [-0.25, -0.2) is 0 Å². The second kappa shape index (κ2) is 6.96. The van der Waals surface area contributed by atoms with Crippen molar-refractivity contribution in [1.29, 1.82) is 0 Å². The summed E-state index contributed by atoms with van der Waals surface area (Å²) in [5.41, 5.74) is 8.45. The Balaban J connectivity index is 2.23. The topological polar surface area (TPSA) is 73.2 Å². The maximum Gasteiger partial charge on any atom is 0.161 e. The molecule has 0 aliphatic heterocycles. The van der Waals surface area contributed by atoms with Crippen molar-refractivity contribution >= 4 is 0 Å². The highest BCUT2D eigenvalue weighted by molar-refractivity contribution is 5.64. The molecule has 20 heavy (non-hydrogen) atoms. The minimum absolute atomic E-state index is 0.606. The van der Waals surface area contributed by atoms with Crippen molar-refractivity contribution in [2.45, 2.75) is 19.8 Å². The molecule has 2 aromatic rings. The fourth-order valence-electron chi connectivity index (χ4n) is 1.95. The van der Waals surface area contributed by atoms with E-state index < -0.39 is 0 Å². The molecular weight excluding hydrogens is 254 g/mol. The summed E-state index contributed by atoms with van der Waals surface area (Å²) >= 11 is 0. The Morgan fingerprint density at radius 2 is 2.10 bits per heavy atom. The van der Waals surface area contributed by atoms with E-state index in [-0.39, 0.29) is 0 Å². The third kappa shape index (κ3) is 3.30. The minimum Gasteiger partial charge on any atom is -0.493 e. The third-order valence-corrected chi connectivity index (χ3v) is 2.97. The van der Waals surface area contributed by atoms with Gasteiger partial charge >= 0.3 is 0 Å². The van der Waals surface area contributed by atoms with Crippen LogP contribution in [0.15, 0.2) is 24.3 Å². The van der Waals surface area contributed by atoms with Crippen LogP contribution < -0.4 is 15.2 Å².